The van der Waals surface area contributed by atoms with Crippen LogP contribution in [0.15, 0.2) is 48.0 Å². The first-order valence-corrected chi connectivity index (χ1v) is 9.94. The molecule has 0 unspecified atom stereocenters. The number of hydrogen-bond acceptors (Lipinski definition) is 6. The van der Waals surface area contributed by atoms with Crippen LogP contribution in [0, 0.1) is 5.92 Å². The zero-order valence-electron chi connectivity index (χ0n) is 14.8. The van der Waals surface area contributed by atoms with E-state index < -0.39 is 12.2 Å². The third kappa shape index (κ3) is 2.70. The largest absolute Gasteiger partial charge is 0.390 e. The highest BCUT2D eigenvalue weighted by Crippen LogP contribution is 2.32. The van der Waals surface area contributed by atoms with E-state index in [9.17, 15) is 10.2 Å². The summed E-state index contributed by atoms with van der Waals surface area (Å²) in [5.74, 6) is 0.813. The fourth-order valence-corrected chi connectivity index (χ4v) is 4.75. The molecule has 3 heterocycles. The van der Waals surface area contributed by atoms with Crippen LogP contribution in [-0.2, 0) is 0 Å². The van der Waals surface area contributed by atoms with Gasteiger partial charge in [-0.25, -0.2) is 4.98 Å². The first-order valence-electron chi connectivity index (χ1n) is 9.06. The number of benzene rings is 1. The minimum atomic E-state index is -0.794. The molecule has 0 aliphatic heterocycles. The summed E-state index contributed by atoms with van der Waals surface area (Å²) >= 11 is 1.71. The van der Waals surface area contributed by atoms with E-state index in [1.54, 1.807) is 22.0 Å². The Morgan fingerprint density at radius 3 is 2.89 bits per heavy atom. The fraction of sp³-hybridized carbons (Fsp3) is 0.300. The molecule has 4 aromatic rings. The highest BCUT2D eigenvalue weighted by molar-refractivity contribution is 7.17. The number of aliphatic hydroxyl groups is 2. The van der Waals surface area contributed by atoms with Crippen LogP contribution in [-0.4, -0.2) is 43.1 Å². The van der Waals surface area contributed by atoms with Gasteiger partial charge in [-0.15, -0.1) is 11.3 Å². The second-order valence-electron chi connectivity index (χ2n) is 7.21. The Bertz CT molecular complexity index is 1120. The van der Waals surface area contributed by atoms with Gasteiger partial charge in [0.25, 0.3) is 0 Å². The highest BCUT2D eigenvalue weighted by Gasteiger charge is 2.39. The second kappa shape index (κ2) is 6.30. The maximum absolute atomic E-state index is 10.3. The Morgan fingerprint density at radius 2 is 2.07 bits per heavy atom. The lowest BCUT2D eigenvalue weighted by Crippen LogP contribution is -2.35. The molecule has 4 atom stereocenters. The zero-order valence-corrected chi connectivity index (χ0v) is 15.6. The van der Waals surface area contributed by atoms with Gasteiger partial charge in [0.2, 0.25) is 0 Å². The van der Waals surface area contributed by atoms with E-state index in [2.05, 4.69) is 33.9 Å². The Kier molecular flexibility index (Phi) is 3.89. The van der Waals surface area contributed by atoms with Crippen molar-refractivity contribution < 1.29 is 10.2 Å². The van der Waals surface area contributed by atoms with Crippen molar-refractivity contribution in [2.75, 3.05) is 5.32 Å². The van der Waals surface area contributed by atoms with Gasteiger partial charge in [0.15, 0.2) is 5.65 Å². The summed E-state index contributed by atoms with van der Waals surface area (Å²) in [5, 5.41) is 31.7. The van der Waals surface area contributed by atoms with Crippen molar-refractivity contribution in [1.82, 2.24) is 14.6 Å². The molecule has 0 radical (unpaired) electrons. The van der Waals surface area contributed by atoms with Crippen LogP contribution in [0.1, 0.15) is 13.3 Å². The third-order valence-electron chi connectivity index (χ3n) is 5.43. The number of aromatic nitrogens is 3. The van der Waals surface area contributed by atoms with E-state index in [0.717, 1.165) is 22.7 Å². The first-order chi connectivity index (χ1) is 13.1. The quantitative estimate of drug-likeness (QED) is 0.509. The lowest BCUT2D eigenvalue weighted by Gasteiger charge is -2.19. The molecule has 0 spiro atoms. The molecule has 0 saturated heterocycles. The fourth-order valence-electron chi connectivity index (χ4n) is 3.94. The Hall–Kier alpha value is -2.48. The smallest absolute Gasteiger partial charge is 0.157 e. The number of thiophene rings is 1. The Labute approximate surface area is 160 Å². The van der Waals surface area contributed by atoms with Crippen molar-refractivity contribution >= 4 is 32.9 Å². The third-order valence-corrected chi connectivity index (χ3v) is 6.32. The van der Waals surface area contributed by atoms with Gasteiger partial charge in [0, 0.05) is 27.9 Å². The van der Waals surface area contributed by atoms with Crippen LogP contribution in [0.4, 0.5) is 5.82 Å². The van der Waals surface area contributed by atoms with Gasteiger partial charge in [0.05, 0.1) is 17.8 Å². The molecule has 138 valence electrons. The van der Waals surface area contributed by atoms with Crippen LogP contribution in [0.3, 0.4) is 0 Å². The summed E-state index contributed by atoms with van der Waals surface area (Å²) in [6.07, 6.45) is 0.936. The lowest BCUT2D eigenvalue weighted by molar-refractivity contribution is 0.0210. The van der Waals surface area contributed by atoms with E-state index in [1.165, 1.54) is 10.1 Å². The van der Waals surface area contributed by atoms with Gasteiger partial charge in [0.1, 0.15) is 11.9 Å². The molecule has 1 aromatic carbocycles. The monoisotopic (exact) mass is 380 g/mol. The van der Waals surface area contributed by atoms with Gasteiger partial charge in [-0.05, 0) is 35.9 Å². The number of nitrogens with zero attached hydrogens (tertiary/aromatic N) is 3. The molecule has 0 amide bonds. The topological polar surface area (TPSA) is 82.7 Å². The molecule has 3 aromatic heterocycles. The van der Waals surface area contributed by atoms with Crippen LogP contribution in [0.5, 0.6) is 0 Å². The number of hydrogen-bond donors (Lipinski definition) is 3. The number of rotatable bonds is 3. The Morgan fingerprint density at radius 1 is 1.19 bits per heavy atom. The highest BCUT2D eigenvalue weighted by atomic mass is 32.1. The molecule has 0 bridgehead atoms. The molecule has 1 saturated carbocycles. The molecule has 3 N–H and O–H groups in total. The number of aliphatic hydroxyl groups excluding tert-OH is 2. The summed E-state index contributed by atoms with van der Waals surface area (Å²) in [6, 6.07) is 11.9. The maximum Gasteiger partial charge on any atom is 0.157 e. The van der Waals surface area contributed by atoms with Gasteiger partial charge in [-0.1, -0.05) is 19.1 Å². The molecular formula is C20H20N4O2S. The van der Waals surface area contributed by atoms with Gasteiger partial charge < -0.3 is 15.5 Å². The second-order valence-corrected chi connectivity index (χ2v) is 8.16. The van der Waals surface area contributed by atoms with E-state index in [4.69, 9.17) is 5.10 Å². The van der Waals surface area contributed by atoms with Crippen LogP contribution in [0.2, 0.25) is 0 Å². The van der Waals surface area contributed by atoms with Crippen molar-refractivity contribution in [2.45, 2.75) is 31.6 Å². The average molecular weight is 380 g/mol. The van der Waals surface area contributed by atoms with Gasteiger partial charge >= 0.3 is 0 Å². The van der Waals surface area contributed by atoms with E-state index in [0.29, 0.717) is 6.42 Å². The summed E-state index contributed by atoms with van der Waals surface area (Å²) in [4.78, 5) is 4.43. The summed E-state index contributed by atoms with van der Waals surface area (Å²) in [5.41, 5.74) is 2.68. The summed E-state index contributed by atoms with van der Waals surface area (Å²) in [6.45, 7) is 1.95. The molecule has 1 fully saturated rings. The van der Waals surface area contributed by atoms with Crippen LogP contribution < -0.4 is 5.32 Å². The van der Waals surface area contributed by atoms with Crippen molar-refractivity contribution in [3.05, 3.63) is 48.0 Å². The predicted molar refractivity (Wildman–Crippen MR) is 107 cm³/mol. The molecule has 1 aliphatic rings. The molecule has 7 heteroatoms. The first kappa shape index (κ1) is 16.7. The zero-order chi connectivity index (χ0) is 18.5. The maximum atomic E-state index is 10.3. The van der Waals surface area contributed by atoms with E-state index in [-0.39, 0.29) is 12.0 Å². The number of nitrogens with one attached hydrogen (secondary N) is 1. The molecule has 5 rings (SSSR count). The number of anilines is 1. The normalized spacial score (nSPS) is 25.4. The van der Waals surface area contributed by atoms with Crippen molar-refractivity contribution in [3.8, 4) is 11.3 Å². The SMILES string of the molecule is C[C@@H]1C[C@@H](Nc2ccnc3cc(-c4cccc5sccc45)nn23)[C@H](O)[C@@H]1O. The predicted octanol–water partition coefficient (Wildman–Crippen LogP) is 3.15. The van der Waals surface area contributed by atoms with Gasteiger partial charge in [-0.2, -0.15) is 9.61 Å². The summed E-state index contributed by atoms with van der Waals surface area (Å²) < 4.78 is 3.00. The molecule has 1 aliphatic carbocycles. The molecule has 6 nitrogen and oxygen atoms in total. The lowest BCUT2D eigenvalue weighted by atomic mass is 10.1. The van der Waals surface area contributed by atoms with Crippen LogP contribution >= 0.6 is 11.3 Å². The van der Waals surface area contributed by atoms with Crippen molar-refractivity contribution in [2.24, 2.45) is 5.92 Å². The standard InChI is InChI=1S/C20H20N4O2S/c1-11-9-15(20(26)19(11)25)22-17-5-7-21-18-10-14(23-24(17)18)12-3-2-4-16-13(12)6-8-27-16/h2-8,10-11,15,19-20,22,25-26H,9H2,1H3/t11-,15-,19-,20+/m1/s1. The van der Waals surface area contributed by atoms with E-state index in [1.807, 2.05) is 25.1 Å². The van der Waals surface area contributed by atoms with Crippen molar-refractivity contribution in [1.29, 1.82) is 0 Å². The minimum Gasteiger partial charge on any atom is -0.390 e. The Balaban J connectivity index is 1.55. The van der Waals surface area contributed by atoms with E-state index >= 15 is 0 Å². The molecule has 27 heavy (non-hydrogen) atoms. The van der Waals surface area contributed by atoms with Crippen molar-refractivity contribution in [3.63, 3.8) is 0 Å². The van der Waals surface area contributed by atoms with Crippen LogP contribution in [0.25, 0.3) is 27.0 Å². The van der Waals surface area contributed by atoms with Gasteiger partial charge in [-0.3, -0.25) is 0 Å². The number of fused-ring (bicyclic) bond motifs is 2. The minimum absolute atomic E-state index is 0.0548. The molecular weight excluding hydrogens is 360 g/mol. The summed E-state index contributed by atoms with van der Waals surface area (Å²) in [7, 11) is 0. The average Bonchev–Trinajstić information content (AvgIpc) is 3.37.